The van der Waals surface area contributed by atoms with Crippen LogP contribution in [-0.2, 0) is 0 Å². The zero-order valence-electron chi connectivity index (χ0n) is 11.7. The highest BCUT2D eigenvalue weighted by Gasteiger charge is 2.16. The number of anilines is 1. The fraction of sp³-hybridized carbons (Fsp3) is 0.467. The topological polar surface area (TPSA) is 87.9 Å². The monoisotopic (exact) mass is 272 g/mol. The van der Waals surface area contributed by atoms with Crippen LogP contribution in [0.1, 0.15) is 43.7 Å². The molecule has 0 bridgehead atoms. The van der Waals surface area contributed by atoms with E-state index in [1.165, 1.54) is 32.1 Å². The third-order valence-corrected chi connectivity index (χ3v) is 3.76. The molecular formula is C15H20N4O. The molecule has 3 rings (SSSR count). The number of hydrogen-bond donors (Lipinski definition) is 2. The molecule has 0 aliphatic heterocycles. The van der Waals surface area contributed by atoms with E-state index in [4.69, 9.17) is 16.1 Å². The maximum Gasteiger partial charge on any atom is 0.101 e. The average molecular weight is 272 g/mol. The third kappa shape index (κ3) is 2.75. The van der Waals surface area contributed by atoms with E-state index in [-0.39, 0.29) is 0 Å². The number of benzene rings is 1. The molecule has 1 saturated carbocycles. The maximum absolute atomic E-state index is 8.97. The van der Waals surface area contributed by atoms with E-state index >= 15 is 0 Å². The van der Waals surface area contributed by atoms with Gasteiger partial charge in [0.25, 0.3) is 0 Å². The molecule has 1 aliphatic carbocycles. The number of rotatable bonds is 1. The molecule has 0 unspecified atom stereocenters. The van der Waals surface area contributed by atoms with Crippen LogP contribution >= 0.6 is 0 Å². The Bertz CT molecular complexity index is 621. The molecule has 3 N–H and O–H groups in total. The van der Waals surface area contributed by atoms with Crippen molar-refractivity contribution in [3.8, 4) is 6.07 Å². The Labute approximate surface area is 118 Å². The van der Waals surface area contributed by atoms with E-state index in [0.29, 0.717) is 17.3 Å². The summed E-state index contributed by atoms with van der Waals surface area (Å²) in [5.74, 6) is 0. The molecule has 5 nitrogen and oxygen atoms in total. The summed E-state index contributed by atoms with van der Waals surface area (Å²) in [6.07, 6.45) is 8.37. The minimum Gasteiger partial charge on any atom is -0.400 e. The second-order valence-corrected chi connectivity index (χ2v) is 5.01. The van der Waals surface area contributed by atoms with Gasteiger partial charge in [-0.15, -0.1) is 0 Å². The number of aliphatic hydroxyl groups excluding tert-OH is 1. The number of aromatic nitrogens is 2. The predicted molar refractivity (Wildman–Crippen MR) is 79.1 cm³/mol. The number of aliphatic hydroxyl groups is 1. The van der Waals surface area contributed by atoms with Crippen LogP contribution in [0, 0.1) is 11.3 Å². The van der Waals surface area contributed by atoms with Crippen molar-refractivity contribution in [3.05, 3.63) is 23.9 Å². The molecular weight excluding hydrogens is 252 g/mol. The first-order valence-corrected chi connectivity index (χ1v) is 6.91. The fourth-order valence-electron chi connectivity index (χ4n) is 2.74. The number of fused-ring (bicyclic) bond motifs is 1. The molecule has 0 saturated heterocycles. The van der Waals surface area contributed by atoms with Gasteiger partial charge in [-0.2, -0.15) is 10.4 Å². The van der Waals surface area contributed by atoms with Crippen molar-refractivity contribution < 1.29 is 5.11 Å². The van der Waals surface area contributed by atoms with E-state index in [1.807, 2.05) is 6.07 Å². The van der Waals surface area contributed by atoms with Crippen LogP contribution in [0.2, 0.25) is 0 Å². The van der Waals surface area contributed by atoms with Gasteiger partial charge in [-0.05, 0) is 25.0 Å². The van der Waals surface area contributed by atoms with E-state index in [2.05, 4.69) is 22.0 Å². The summed E-state index contributed by atoms with van der Waals surface area (Å²) in [6.45, 7) is 0. The summed E-state index contributed by atoms with van der Waals surface area (Å²) in [6, 6.07) is 6.24. The quantitative estimate of drug-likeness (QED) is 0.781. The van der Waals surface area contributed by atoms with Gasteiger partial charge in [-0.25, -0.2) is 0 Å². The van der Waals surface area contributed by atoms with Crippen LogP contribution in [0.25, 0.3) is 10.9 Å². The Morgan fingerprint density at radius 3 is 2.65 bits per heavy atom. The summed E-state index contributed by atoms with van der Waals surface area (Å²) >= 11 is 0. The summed E-state index contributed by atoms with van der Waals surface area (Å²) < 4.78 is 2.06. The van der Waals surface area contributed by atoms with Crippen LogP contribution in [-0.4, -0.2) is 22.0 Å². The van der Waals surface area contributed by atoms with Crippen LogP contribution in [0.3, 0.4) is 0 Å². The molecule has 5 heteroatoms. The van der Waals surface area contributed by atoms with Gasteiger partial charge in [-0.1, -0.05) is 19.3 Å². The van der Waals surface area contributed by atoms with Crippen LogP contribution < -0.4 is 5.73 Å². The van der Waals surface area contributed by atoms with Crippen LogP contribution in [0.15, 0.2) is 18.3 Å². The molecule has 1 aromatic carbocycles. The Kier molecular flexibility index (Phi) is 4.59. The van der Waals surface area contributed by atoms with Crippen molar-refractivity contribution in [3.63, 3.8) is 0 Å². The predicted octanol–water partition coefficient (Wildman–Crippen LogP) is 2.60. The fourth-order valence-corrected chi connectivity index (χ4v) is 2.74. The largest absolute Gasteiger partial charge is 0.400 e. The number of nitrogens with two attached hydrogens (primary N) is 1. The molecule has 20 heavy (non-hydrogen) atoms. The normalized spacial score (nSPS) is 15.4. The van der Waals surface area contributed by atoms with Crippen molar-refractivity contribution >= 4 is 16.6 Å². The Hall–Kier alpha value is -2.06. The first kappa shape index (κ1) is 14.4. The molecule has 0 spiro atoms. The van der Waals surface area contributed by atoms with Gasteiger partial charge < -0.3 is 10.8 Å². The van der Waals surface area contributed by atoms with E-state index < -0.39 is 0 Å². The van der Waals surface area contributed by atoms with Gasteiger partial charge in [0.2, 0.25) is 0 Å². The van der Waals surface area contributed by atoms with Crippen LogP contribution in [0.4, 0.5) is 5.69 Å². The molecule has 1 fully saturated rings. The van der Waals surface area contributed by atoms with Crippen molar-refractivity contribution in [2.45, 2.75) is 38.1 Å². The highest BCUT2D eigenvalue weighted by molar-refractivity contribution is 5.84. The lowest BCUT2D eigenvalue weighted by Gasteiger charge is -2.21. The summed E-state index contributed by atoms with van der Waals surface area (Å²) in [5.41, 5.74) is 7.74. The van der Waals surface area contributed by atoms with Crippen molar-refractivity contribution in [1.82, 2.24) is 9.78 Å². The Balaban J connectivity index is 0.000000704. The van der Waals surface area contributed by atoms with E-state index in [0.717, 1.165) is 18.0 Å². The van der Waals surface area contributed by atoms with E-state index in [9.17, 15) is 0 Å². The lowest BCUT2D eigenvalue weighted by atomic mass is 9.96. The molecule has 1 heterocycles. The second-order valence-electron chi connectivity index (χ2n) is 5.01. The van der Waals surface area contributed by atoms with Gasteiger partial charge in [-0.3, -0.25) is 4.68 Å². The highest BCUT2D eigenvalue weighted by atomic mass is 16.2. The van der Waals surface area contributed by atoms with E-state index in [1.54, 1.807) is 6.07 Å². The number of nitrogen functional groups attached to an aromatic ring is 1. The maximum atomic E-state index is 8.97. The Morgan fingerprint density at radius 1 is 1.30 bits per heavy atom. The Morgan fingerprint density at radius 2 is 2.00 bits per heavy atom. The lowest BCUT2D eigenvalue weighted by Crippen LogP contribution is -2.12. The average Bonchev–Trinajstić information content (AvgIpc) is 2.92. The minimum atomic E-state index is 0.511. The first-order valence-electron chi connectivity index (χ1n) is 6.91. The molecule has 1 aromatic heterocycles. The molecule has 0 radical (unpaired) electrons. The van der Waals surface area contributed by atoms with Crippen molar-refractivity contribution in [1.29, 1.82) is 5.26 Å². The SMILES string of the molecule is CO.N#Cc1cc2nn(C3CCCCC3)cc2cc1N. The minimum absolute atomic E-state index is 0.511. The second kappa shape index (κ2) is 6.40. The van der Waals surface area contributed by atoms with Gasteiger partial charge in [0.1, 0.15) is 6.07 Å². The standard InChI is InChI=1S/C14H16N4.CH4O/c15-8-10-7-14-11(6-13(10)16)9-18(17-14)12-4-2-1-3-5-12;1-2/h6-7,9,12H,1-5,16H2;2H,1H3. The third-order valence-electron chi connectivity index (χ3n) is 3.76. The molecule has 106 valence electrons. The van der Waals surface area contributed by atoms with Gasteiger partial charge >= 0.3 is 0 Å². The highest BCUT2D eigenvalue weighted by Crippen LogP contribution is 2.29. The first-order chi connectivity index (χ1) is 9.78. The smallest absolute Gasteiger partial charge is 0.101 e. The summed E-state index contributed by atoms with van der Waals surface area (Å²) in [5, 5.41) is 21.6. The molecule has 1 aliphatic rings. The number of hydrogen-bond acceptors (Lipinski definition) is 4. The zero-order chi connectivity index (χ0) is 14.5. The lowest BCUT2D eigenvalue weighted by molar-refractivity contribution is 0.331. The molecule has 0 atom stereocenters. The number of nitrogens with zero attached hydrogens (tertiary/aromatic N) is 3. The van der Waals surface area contributed by atoms with Gasteiger partial charge in [0, 0.05) is 18.7 Å². The zero-order valence-corrected chi connectivity index (χ0v) is 11.7. The van der Waals surface area contributed by atoms with Gasteiger partial charge in [0.05, 0.1) is 22.8 Å². The number of nitriles is 1. The van der Waals surface area contributed by atoms with Crippen molar-refractivity contribution in [2.75, 3.05) is 12.8 Å². The summed E-state index contributed by atoms with van der Waals surface area (Å²) in [4.78, 5) is 0. The molecule has 2 aromatic rings. The summed E-state index contributed by atoms with van der Waals surface area (Å²) in [7, 11) is 1.00. The van der Waals surface area contributed by atoms with Gasteiger partial charge in [0.15, 0.2) is 0 Å². The molecule has 0 amide bonds. The van der Waals surface area contributed by atoms with Crippen molar-refractivity contribution in [2.24, 2.45) is 0 Å². The van der Waals surface area contributed by atoms with Crippen LogP contribution in [0.5, 0.6) is 0 Å².